The van der Waals surface area contributed by atoms with Crippen LogP contribution in [0.15, 0.2) is 69.4 Å². The molecule has 0 fully saturated rings. The van der Waals surface area contributed by atoms with Crippen molar-refractivity contribution in [1.29, 1.82) is 0 Å². The van der Waals surface area contributed by atoms with Gasteiger partial charge in [0.05, 0.1) is 18.8 Å². The molecule has 0 spiro atoms. The third-order valence-corrected chi connectivity index (χ3v) is 5.70. The summed E-state index contributed by atoms with van der Waals surface area (Å²) in [6.07, 6.45) is 5.87. The number of thiophene rings is 1. The van der Waals surface area contributed by atoms with E-state index in [1.165, 1.54) is 37.0 Å². The predicted molar refractivity (Wildman–Crippen MR) is 121 cm³/mol. The van der Waals surface area contributed by atoms with E-state index in [2.05, 4.69) is 15.0 Å². The molecule has 0 radical (unpaired) electrons. The number of aromatic amines is 1. The first-order chi connectivity index (χ1) is 14.6. The van der Waals surface area contributed by atoms with Crippen molar-refractivity contribution in [2.45, 2.75) is 0 Å². The Morgan fingerprint density at radius 2 is 2.03 bits per heavy atom. The molecular weight excluding hydrogens is 424 g/mol. The van der Waals surface area contributed by atoms with E-state index in [0.717, 1.165) is 10.1 Å². The van der Waals surface area contributed by atoms with Crippen molar-refractivity contribution in [2.24, 2.45) is 4.99 Å². The van der Waals surface area contributed by atoms with E-state index in [1.54, 1.807) is 18.3 Å². The summed E-state index contributed by atoms with van der Waals surface area (Å²) < 4.78 is 6.56. The first-order valence-electron chi connectivity index (χ1n) is 8.80. The molecule has 0 aliphatic rings. The first-order valence-corrected chi connectivity index (χ1v) is 9.99. The lowest BCUT2D eigenvalue weighted by atomic mass is 10.2. The Morgan fingerprint density at radius 1 is 1.23 bits per heavy atom. The van der Waals surface area contributed by atoms with E-state index in [4.69, 9.17) is 16.3 Å². The number of hydrogen-bond donors (Lipinski definition) is 1. The molecule has 3 aromatic heterocycles. The first kappa shape index (κ1) is 19.8. The maximum Gasteiger partial charge on any atom is 0.333 e. The lowest BCUT2D eigenvalue weighted by molar-refractivity contribution is 0.413. The number of H-pyrrole nitrogens is 1. The van der Waals surface area contributed by atoms with Crippen molar-refractivity contribution in [3.05, 3.63) is 86.4 Å². The molecule has 1 aromatic carbocycles. The Bertz CT molecular complexity index is 1390. The second-order valence-corrected chi connectivity index (χ2v) is 7.57. The molecule has 150 valence electrons. The van der Waals surface area contributed by atoms with Crippen LogP contribution in [0.4, 0.5) is 0 Å². The van der Waals surface area contributed by atoms with Crippen LogP contribution in [0.25, 0.3) is 26.9 Å². The van der Waals surface area contributed by atoms with Crippen molar-refractivity contribution >= 4 is 45.6 Å². The molecule has 7 nitrogen and oxygen atoms in total. The molecule has 0 bridgehead atoms. The molecule has 1 N–H and O–H groups in total. The summed E-state index contributed by atoms with van der Waals surface area (Å²) in [6.45, 7) is 0. The number of nitrogens with one attached hydrogen (secondary N) is 1. The number of aliphatic imine (C=N–C) groups is 1. The van der Waals surface area contributed by atoms with Crippen molar-refractivity contribution in [3.63, 3.8) is 0 Å². The van der Waals surface area contributed by atoms with Gasteiger partial charge in [0, 0.05) is 29.1 Å². The van der Waals surface area contributed by atoms with E-state index < -0.39 is 11.2 Å². The van der Waals surface area contributed by atoms with Crippen LogP contribution in [0.1, 0.15) is 5.56 Å². The second-order valence-electron chi connectivity index (χ2n) is 6.16. The van der Waals surface area contributed by atoms with E-state index in [-0.39, 0.29) is 5.15 Å². The van der Waals surface area contributed by atoms with Crippen molar-refractivity contribution in [1.82, 2.24) is 14.5 Å². The highest BCUT2D eigenvalue weighted by Crippen LogP contribution is 2.35. The van der Waals surface area contributed by atoms with Gasteiger partial charge in [-0.3, -0.25) is 9.79 Å². The molecule has 30 heavy (non-hydrogen) atoms. The Morgan fingerprint density at radius 3 is 2.80 bits per heavy atom. The lowest BCUT2D eigenvalue weighted by Crippen LogP contribution is -2.30. The largest absolute Gasteiger partial charge is 0.495 e. The molecule has 0 unspecified atom stereocenters. The molecule has 4 rings (SSSR count). The zero-order valence-corrected chi connectivity index (χ0v) is 17.3. The Hall–Kier alpha value is -3.49. The van der Waals surface area contributed by atoms with E-state index in [1.807, 2.05) is 30.3 Å². The van der Waals surface area contributed by atoms with E-state index in [0.29, 0.717) is 26.4 Å². The molecule has 0 amide bonds. The van der Waals surface area contributed by atoms with E-state index in [9.17, 15) is 9.59 Å². The number of halogens is 1. The third kappa shape index (κ3) is 3.96. The Balaban J connectivity index is 1.72. The smallest absolute Gasteiger partial charge is 0.333 e. The van der Waals surface area contributed by atoms with Gasteiger partial charge in [-0.05, 0) is 17.7 Å². The van der Waals surface area contributed by atoms with Crippen molar-refractivity contribution in [2.75, 3.05) is 7.11 Å². The zero-order valence-electron chi connectivity index (χ0n) is 15.7. The van der Waals surface area contributed by atoms with Crippen molar-refractivity contribution < 1.29 is 4.74 Å². The molecular formula is C21H15ClN4O3S. The zero-order chi connectivity index (χ0) is 21.1. The third-order valence-electron chi connectivity index (χ3n) is 4.25. The highest BCUT2D eigenvalue weighted by Gasteiger charge is 2.14. The predicted octanol–water partition coefficient (Wildman–Crippen LogP) is 4.02. The van der Waals surface area contributed by atoms with E-state index >= 15 is 0 Å². The van der Waals surface area contributed by atoms with Crippen LogP contribution >= 0.6 is 22.9 Å². The maximum absolute atomic E-state index is 12.8. The van der Waals surface area contributed by atoms with Gasteiger partial charge in [0.1, 0.15) is 15.6 Å². The fourth-order valence-corrected chi connectivity index (χ4v) is 4.10. The topological polar surface area (TPSA) is 89.3 Å². The van der Waals surface area contributed by atoms with Crippen molar-refractivity contribution in [3.8, 4) is 16.2 Å². The summed E-state index contributed by atoms with van der Waals surface area (Å²) in [5.74, 6) is 0.539. The standard InChI is InChI=1S/C21H15ClN4O3S/c1-29-14-9-15(19(22)24-12-14)17-10-16-18(30-17)20(27)26(21(28)25-16)8-7-23-11-13-5-3-2-4-6-13/h2-12H,1H3,(H,25,28)/b8-7+,23-11?. The fourth-order valence-electron chi connectivity index (χ4n) is 2.77. The molecule has 9 heteroatoms. The Kier molecular flexibility index (Phi) is 5.60. The minimum atomic E-state index is -0.558. The molecule has 4 aromatic rings. The number of ether oxygens (including phenoxy) is 1. The van der Waals surface area contributed by atoms with Gasteiger partial charge in [0.2, 0.25) is 0 Å². The average molecular weight is 439 g/mol. The molecule has 0 saturated carbocycles. The molecule has 0 aliphatic heterocycles. The fraction of sp³-hybridized carbons (Fsp3) is 0.0476. The normalized spacial score (nSPS) is 11.7. The summed E-state index contributed by atoms with van der Waals surface area (Å²) in [6, 6.07) is 12.9. The molecule has 0 saturated heterocycles. The number of nitrogens with zero attached hydrogens (tertiary/aromatic N) is 3. The number of aromatic nitrogens is 3. The summed E-state index contributed by atoms with van der Waals surface area (Å²) in [5.41, 5.74) is 0.958. The van der Waals surface area contributed by atoms with Crippen LogP contribution in [0.2, 0.25) is 5.15 Å². The summed E-state index contributed by atoms with van der Waals surface area (Å²) in [4.78, 5) is 36.9. The van der Waals surface area contributed by atoms with Crippen LogP contribution in [0.5, 0.6) is 5.75 Å². The number of methoxy groups -OCH3 is 1. The van der Waals surface area contributed by atoms with Gasteiger partial charge in [-0.1, -0.05) is 41.9 Å². The van der Waals surface area contributed by atoms with Gasteiger partial charge < -0.3 is 9.72 Å². The van der Waals surface area contributed by atoms with Crippen LogP contribution in [0, 0.1) is 0 Å². The highest BCUT2D eigenvalue weighted by atomic mass is 35.5. The monoisotopic (exact) mass is 438 g/mol. The SMILES string of the molecule is COc1cnc(Cl)c(-c2cc3[nH]c(=O)n(/C=C/N=Cc4ccccc4)c(=O)c3s2)c1. The number of benzene rings is 1. The Labute approximate surface area is 179 Å². The average Bonchev–Trinajstić information content (AvgIpc) is 3.18. The molecule has 0 atom stereocenters. The minimum Gasteiger partial charge on any atom is -0.495 e. The summed E-state index contributed by atoms with van der Waals surface area (Å²) >= 11 is 7.42. The van der Waals surface area contributed by atoms with Gasteiger partial charge in [0.15, 0.2) is 0 Å². The van der Waals surface area contributed by atoms with Crippen LogP contribution < -0.4 is 16.0 Å². The minimum absolute atomic E-state index is 0.278. The quantitative estimate of drug-likeness (QED) is 0.376. The van der Waals surface area contributed by atoms with Crippen LogP contribution in [-0.2, 0) is 0 Å². The van der Waals surface area contributed by atoms with Crippen LogP contribution in [-0.4, -0.2) is 27.9 Å². The van der Waals surface area contributed by atoms with Gasteiger partial charge in [-0.15, -0.1) is 11.3 Å². The van der Waals surface area contributed by atoms with Gasteiger partial charge in [-0.2, -0.15) is 0 Å². The summed E-state index contributed by atoms with van der Waals surface area (Å²) in [7, 11) is 1.53. The van der Waals surface area contributed by atoms with Gasteiger partial charge >= 0.3 is 5.69 Å². The van der Waals surface area contributed by atoms with Gasteiger partial charge in [-0.25, -0.2) is 14.3 Å². The lowest BCUT2D eigenvalue weighted by Gasteiger charge is -2.03. The van der Waals surface area contributed by atoms with Crippen LogP contribution in [0.3, 0.4) is 0 Å². The number of rotatable bonds is 5. The molecule has 3 heterocycles. The number of fused-ring (bicyclic) bond motifs is 1. The highest BCUT2D eigenvalue weighted by molar-refractivity contribution is 7.22. The van der Waals surface area contributed by atoms with Gasteiger partial charge in [0.25, 0.3) is 5.56 Å². The molecule has 0 aliphatic carbocycles. The second kappa shape index (κ2) is 8.48. The number of pyridine rings is 1. The summed E-state index contributed by atoms with van der Waals surface area (Å²) in [5, 5.41) is 0.278. The maximum atomic E-state index is 12.8. The number of hydrogen-bond acceptors (Lipinski definition) is 6.